The number of ether oxygens (including phenoxy) is 1. The van der Waals surface area contributed by atoms with Crippen LogP contribution in [0.25, 0.3) is 0 Å². The lowest BCUT2D eigenvalue weighted by molar-refractivity contribution is 0.0298. The minimum Gasteiger partial charge on any atom is -0.379 e. The van der Waals surface area contributed by atoms with Gasteiger partial charge in [0.2, 0.25) is 0 Å². The molecule has 2 rings (SSSR count). The van der Waals surface area contributed by atoms with Crippen LogP contribution in [-0.4, -0.2) is 85.8 Å². The van der Waals surface area contributed by atoms with E-state index in [-0.39, 0.29) is 0 Å². The average Bonchev–Trinajstić information content (AvgIpc) is 2.54. The van der Waals surface area contributed by atoms with E-state index in [9.17, 15) is 0 Å². The van der Waals surface area contributed by atoms with Gasteiger partial charge in [0.25, 0.3) is 0 Å². The molecule has 0 spiro atoms. The smallest absolute Gasteiger partial charge is 0.0519 e. The third-order valence-corrected chi connectivity index (χ3v) is 5.46. The van der Waals surface area contributed by atoms with Gasteiger partial charge in [0.15, 0.2) is 0 Å². The van der Waals surface area contributed by atoms with Crippen molar-refractivity contribution in [1.29, 1.82) is 0 Å². The first-order valence-electron chi connectivity index (χ1n) is 9.85. The van der Waals surface area contributed by atoms with E-state index in [1.165, 1.54) is 71.6 Å². The van der Waals surface area contributed by atoms with Crippen molar-refractivity contribution in [2.45, 2.75) is 59.1 Å². The monoisotopic (exact) mass is 325 g/mol. The van der Waals surface area contributed by atoms with E-state index in [1.54, 1.807) is 0 Å². The average molecular weight is 326 g/mol. The summed E-state index contributed by atoms with van der Waals surface area (Å²) in [5.74, 6) is 0.790. The van der Waals surface area contributed by atoms with Crippen molar-refractivity contribution in [2.75, 3.05) is 59.0 Å². The SMILES string of the molecule is CC(C)OCC1CCN(CCCN2CCN(C(C)C)CC2)CC1. The van der Waals surface area contributed by atoms with Gasteiger partial charge in [-0.25, -0.2) is 0 Å². The zero-order valence-electron chi connectivity index (χ0n) is 16.0. The Labute approximate surface area is 144 Å². The van der Waals surface area contributed by atoms with Crippen LogP contribution in [0, 0.1) is 5.92 Å². The van der Waals surface area contributed by atoms with Crippen molar-refractivity contribution < 1.29 is 4.74 Å². The lowest BCUT2D eigenvalue weighted by Gasteiger charge is -2.37. The lowest BCUT2D eigenvalue weighted by atomic mass is 9.97. The molecule has 4 nitrogen and oxygen atoms in total. The predicted molar refractivity (Wildman–Crippen MR) is 98.0 cm³/mol. The summed E-state index contributed by atoms with van der Waals surface area (Å²) in [5, 5.41) is 0. The molecule has 4 heteroatoms. The molecule has 0 aromatic heterocycles. The van der Waals surface area contributed by atoms with Gasteiger partial charge in [-0.05, 0) is 79.1 Å². The minimum absolute atomic E-state index is 0.379. The third-order valence-electron chi connectivity index (χ3n) is 5.46. The van der Waals surface area contributed by atoms with Crippen LogP contribution in [-0.2, 0) is 4.74 Å². The maximum atomic E-state index is 5.77. The topological polar surface area (TPSA) is 19.0 Å². The maximum Gasteiger partial charge on any atom is 0.0519 e. The normalized spacial score (nSPS) is 23.2. The van der Waals surface area contributed by atoms with E-state index in [2.05, 4.69) is 42.4 Å². The Bertz CT molecular complexity index is 306. The Kier molecular flexibility index (Phi) is 8.31. The molecule has 0 unspecified atom stereocenters. The quantitative estimate of drug-likeness (QED) is 0.682. The molecule has 0 saturated carbocycles. The largest absolute Gasteiger partial charge is 0.379 e. The first kappa shape index (κ1) is 19.2. The standard InChI is InChI=1S/C19H39N3O/c1-17(2)22-14-12-21(13-15-22)9-5-8-20-10-6-19(7-11-20)16-23-18(3)4/h17-19H,5-16H2,1-4H3. The van der Waals surface area contributed by atoms with Gasteiger partial charge in [0.1, 0.15) is 0 Å². The van der Waals surface area contributed by atoms with Crippen LogP contribution < -0.4 is 0 Å². The molecule has 0 amide bonds. The highest BCUT2D eigenvalue weighted by Gasteiger charge is 2.21. The summed E-state index contributed by atoms with van der Waals surface area (Å²) in [6, 6.07) is 0.707. The molecule has 2 fully saturated rings. The lowest BCUT2D eigenvalue weighted by Crippen LogP contribution is -2.49. The first-order chi connectivity index (χ1) is 11.0. The molecule has 0 bridgehead atoms. The summed E-state index contributed by atoms with van der Waals surface area (Å²) in [6.07, 6.45) is 4.35. The van der Waals surface area contributed by atoms with Crippen LogP contribution in [0.15, 0.2) is 0 Å². The Morgan fingerprint density at radius 3 is 1.91 bits per heavy atom. The van der Waals surface area contributed by atoms with Gasteiger partial charge >= 0.3 is 0 Å². The van der Waals surface area contributed by atoms with Gasteiger partial charge in [-0.3, -0.25) is 4.90 Å². The maximum absolute atomic E-state index is 5.77. The number of piperidine rings is 1. The van der Waals surface area contributed by atoms with Gasteiger partial charge in [0, 0.05) is 38.8 Å². The second-order valence-electron chi connectivity index (χ2n) is 7.99. The summed E-state index contributed by atoms with van der Waals surface area (Å²) in [7, 11) is 0. The van der Waals surface area contributed by atoms with Crippen LogP contribution >= 0.6 is 0 Å². The molecule has 2 aliphatic heterocycles. The number of nitrogens with zero attached hydrogens (tertiary/aromatic N) is 3. The van der Waals surface area contributed by atoms with Gasteiger partial charge in [0.05, 0.1) is 6.10 Å². The van der Waals surface area contributed by atoms with Gasteiger partial charge < -0.3 is 14.5 Å². The van der Waals surface area contributed by atoms with Gasteiger partial charge in [-0.15, -0.1) is 0 Å². The highest BCUT2D eigenvalue weighted by atomic mass is 16.5. The fourth-order valence-corrected chi connectivity index (χ4v) is 3.73. The van der Waals surface area contributed by atoms with Crippen LogP contribution in [0.4, 0.5) is 0 Å². The van der Waals surface area contributed by atoms with Crippen molar-refractivity contribution in [3.63, 3.8) is 0 Å². The molecule has 0 aliphatic carbocycles. The second-order valence-corrected chi connectivity index (χ2v) is 7.99. The highest BCUT2D eigenvalue weighted by Crippen LogP contribution is 2.18. The van der Waals surface area contributed by atoms with E-state index in [0.29, 0.717) is 12.1 Å². The molecule has 0 N–H and O–H groups in total. The highest BCUT2D eigenvalue weighted by molar-refractivity contribution is 4.76. The molecule has 2 heterocycles. The van der Waals surface area contributed by atoms with Crippen molar-refractivity contribution in [2.24, 2.45) is 5.92 Å². The van der Waals surface area contributed by atoms with E-state index in [1.807, 2.05) is 0 Å². The van der Waals surface area contributed by atoms with E-state index in [4.69, 9.17) is 4.74 Å². The molecule has 0 atom stereocenters. The summed E-state index contributed by atoms with van der Waals surface area (Å²) < 4.78 is 5.77. The van der Waals surface area contributed by atoms with E-state index < -0.39 is 0 Å². The molecule has 0 aromatic rings. The summed E-state index contributed by atoms with van der Waals surface area (Å²) in [5.41, 5.74) is 0. The van der Waals surface area contributed by atoms with Crippen LogP contribution in [0.1, 0.15) is 47.0 Å². The van der Waals surface area contributed by atoms with Crippen molar-refractivity contribution >= 4 is 0 Å². The second kappa shape index (κ2) is 9.97. The Morgan fingerprint density at radius 1 is 0.826 bits per heavy atom. The number of hydrogen-bond donors (Lipinski definition) is 0. The van der Waals surface area contributed by atoms with Gasteiger partial charge in [-0.2, -0.15) is 0 Å². The minimum atomic E-state index is 0.379. The summed E-state index contributed by atoms with van der Waals surface area (Å²) in [6.45, 7) is 20.0. The zero-order chi connectivity index (χ0) is 16.7. The summed E-state index contributed by atoms with van der Waals surface area (Å²) in [4.78, 5) is 7.92. The fourth-order valence-electron chi connectivity index (χ4n) is 3.73. The number of hydrogen-bond acceptors (Lipinski definition) is 4. The first-order valence-corrected chi connectivity index (χ1v) is 9.85. The van der Waals surface area contributed by atoms with Crippen LogP contribution in [0.2, 0.25) is 0 Å². The van der Waals surface area contributed by atoms with Crippen molar-refractivity contribution in [3.8, 4) is 0 Å². The molecule has 136 valence electrons. The zero-order valence-corrected chi connectivity index (χ0v) is 16.0. The van der Waals surface area contributed by atoms with Gasteiger partial charge in [-0.1, -0.05) is 0 Å². The number of rotatable bonds is 8. The molecule has 2 saturated heterocycles. The number of piperazine rings is 1. The Morgan fingerprint density at radius 2 is 1.39 bits per heavy atom. The van der Waals surface area contributed by atoms with Crippen molar-refractivity contribution in [3.05, 3.63) is 0 Å². The Balaban J connectivity index is 1.51. The molecular formula is C19H39N3O. The van der Waals surface area contributed by atoms with Crippen LogP contribution in [0.3, 0.4) is 0 Å². The van der Waals surface area contributed by atoms with E-state index in [0.717, 1.165) is 12.5 Å². The third kappa shape index (κ3) is 7.08. The predicted octanol–water partition coefficient (Wildman–Crippen LogP) is 2.54. The molecule has 0 radical (unpaired) electrons. The van der Waals surface area contributed by atoms with E-state index >= 15 is 0 Å². The Hall–Kier alpha value is -0.160. The molecule has 2 aliphatic rings. The molecular weight excluding hydrogens is 286 g/mol. The summed E-state index contributed by atoms with van der Waals surface area (Å²) >= 11 is 0. The molecule has 0 aromatic carbocycles. The number of likely N-dealkylation sites (tertiary alicyclic amines) is 1. The fraction of sp³-hybridized carbons (Fsp3) is 1.00. The molecule has 23 heavy (non-hydrogen) atoms. The van der Waals surface area contributed by atoms with Crippen molar-refractivity contribution in [1.82, 2.24) is 14.7 Å². The van der Waals surface area contributed by atoms with Crippen LogP contribution in [0.5, 0.6) is 0 Å².